The Labute approximate surface area is 94.7 Å². The van der Waals surface area contributed by atoms with E-state index in [-0.39, 0.29) is 0 Å². The molecule has 1 unspecified atom stereocenters. The highest BCUT2D eigenvalue weighted by atomic mass is 16.3. The third-order valence-electron chi connectivity index (χ3n) is 2.93. The van der Waals surface area contributed by atoms with Crippen LogP contribution in [0.4, 0.5) is 5.69 Å². The van der Waals surface area contributed by atoms with Gasteiger partial charge in [-0.05, 0) is 30.5 Å². The van der Waals surface area contributed by atoms with E-state index >= 15 is 0 Å². The summed E-state index contributed by atoms with van der Waals surface area (Å²) in [6.07, 6.45) is 1.19. The van der Waals surface area contributed by atoms with Crippen molar-refractivity contribution in [1.82, 2.24) is 0 Å². The summed E-state index contributed by atoms with van der Waals surface area (Å²) in [6.45, 7) is 2.08. The molecule has 1 amide bonds. The topological polar surface area (TPSA) is 66.6 Å². The summed E-state index contributed by atoms with van der Waals surface area (Å²) in [4.78, 5) is 13.1. The van der Waals surface area contributed by atoms with Crippen LogP contribution in [0.5, 0.6) is 0 Å². The minimum absolute atomic E-state index is 0.567. The maximum Gasteiger partial charge on any atom is 0.250 e. The van der Waals surface area contributed by atoms with Crippen LogP contribution in [0.25, 0.3) is 0 Å². The van der Waals surface area contributed by atoms with E-state index in [1.54, 1.807) is 6.07 Å². The molecule has 1 aliphatic rings. The summed E-state index contributed by atoms with van der Waals surface area (Å²) < 4.78 is 0. The third-order valence-corrected chi connectivity index (χ3v) is 2.93. The van der Waals surface area contributed by atoms with Gasteiger partial charge in [-0.15, -0.1) is 0 Å². The van der Waals surface area contributed by atoms with E-state index in [1.807, 2.05) is 18.2 Å². The van der Waals surface area contributed by atoms with Crippen LogP contribution in [0, 0.1) is 0 Å². The lowest BCUT2D eigenvalue weighted by Gasteiger charge is -2.19. The zero-order valence-electron chi connectivity index (χ0n) is 9.10. The summed E-state index contributed by atoms with van der Waals surface area (Å²) in [7, 11) is 0. The average molecular weight is 220 g/mol. The fourth-order valence-corrected chi connectivity index (χ4v) is 2.03. The molecule has 0 aromatic heterocycles. The van der Waals surface area contributed by atoms with Crippen molar-refractivity contribution in [2.75, 3.05) is 18.0 Å². The second kappa shape index (κ2) is 4.53. The van der Waals surface area contributed by atoms with Gasteiger partial charge in [0.25, 0.3) is 5.91 Å². The van der Waals surface area contributed by atoms with Crippen LogP contribution >= 0.6 is 0 Å². The monoisotopic (exact) mass is 220 g/mol. The first-order valence-corrected chi connectivity index (χ1v) is 5.51. The van der Waals surface area contributed by atoms with Crippen molar-refractivity contribution in [3.63, 3.8) is 0 Å². The largest absolute Gasteiger partial charge is 0.378 e. The Hall–Kier alpha value is -1.55. The number of nitrogens with zero attached hydrogens (tertiary/aromatic N) is 1. The van der Waals surface area contributed by atoms with Gasteiger partial charge in [0.05, 0.1) is 0 Å². The summed E-state index contributed by atoms with van der Waals surface area (Å²) >= 11 is 0. The molecule has 1 aromatic carbocycles. The zero-order chi connectivity index (χ0) is 11.5. The lowest BCUT2D eigenvalue weighted by molar-refractivity contribution is -0.126. The van der Waals surface area contributed by atoms with Crippen LogP contribution in [0.1, 0.15) is 24.5 Å². The number of anilines is 1. The Bertz CT molecular complexity index is 386. The Morgan fingerprint density at radius 1 is 1.38 bits per heavy atom. The lowest BCUT2D eigenvalue weighted by Crippen LogP contribution is -2.22. The maximum absolute atomic E-state index is 10.9. The minimum atomic E-state index is -1.21. The highest BCUT2D eigenvalue weighted by Gasteiger charge is 2.17. The van der Waals surface area contributed by atoms with Crippen LogP contribution in [0.15, 0.2) is 24.3 Å². The molecule has 0 spiro atoms. The van der Waals surface area contributed by atoms with Crippen LogP contribution in [-0.4, -0.2) is 24.1 Å². The van der Waals surface area contributed by atoms with Crippen LogP contribution in [-0.2, 0) is 4.79 Å². The molecule has 1 heterocycles. The van der Waals surface area contributed by atoms with Gasteiger partial charge in [-0.1, -0.05) is 12.1 Å². The smallest absolute Gasteiger partial charge is 0.250 e. The number of aliphatic hydroxyl groups excluding tert-OH is 1. The van der Waals surface area contributed by atoms with Crippen molar-refractivity contribution in [2.45, 2.75) is 18.9 Å². The molecule has 1 fully saturated rings. The number of nitrogens with two attached hydrogens (primary N) is 1. The lowest BCUT2D eigenvalue weighted by atomic mass is 10.1. The molecule has 1 aliphatic heterocycles. The maximum atomic E-state index is 10.9. The number of hydrogen-bond donors (Lipinski definition) is 2. The molecule has 16 heavy (non-hydrogen) atoms. The molecule has 4 heteroatoms. The molecule has 0 aliphatic carbocycles. The SMILES string of the molecule is NC(=O)C(O)c1cccc(N2CCCC2)c1. The second-order valence-corrected chi connectivity index (χ2v) is 4.09. The molecule has 86 valence electrons. The van der Waals surface area contributed by atoms with Gasteiger partial charge in [0, 0.05) is 18.8 Å². The van der Waals surface area contributed by atoms with E-state index in [1.165, 1.54) is 12.8 Å². The normalized spacial score (nSPS) is 17.4. The van der Waals surface area contributed by atoms with Gasteiger partial charge in [-0.3, -0.25) is 4.79 Å². The van der Waals surface area contributed by atoms with Crippen molar-refractivity contribution in [3.8, 4) is 0 Å². The molecular formula is C12H16N2O2. The number of carbonyl (C=O) groups is 1. The number of carbonyl (C=O) groups excluding carboxylic acids is 1. The van der Waals surface area contributed by atoms with E-state index in [4.69, 9.17) is 5.73 Å². The quantitative estimate of drug-likeness (QED) is 0.792. The molecule has 1 aromatic rings. The fourth-order valence-electron chi connectivity index (χ4n) is 2.03. The van der Waals surface area contributed by atoms with Crippen molar-refractivity contribution < 1.29 is 9.90 Å². The van der Waals surface area contributed by atoms with E-state index in [9.17, 15) is 9.90 Å². The zero-order valence-corrected chi connectivity index (χ0v) is 9.10. The Kier molecular flexibility index (Phi) is 3.10. The Balaban J connectivity index is 2.21. The number of amides is 1. The van der Waals surface area contributed by atoms with E-state index in [0.717, 1.165) is 18.8 Å². The number of benzene rings is 1. The van der Waals surface area contributed by atoms with Gasteiger partial charge in [-0.2, -0.15) is 0 Å². The molecular weight excluding hydrogens is 204 g/mol. The molecule has 1 saturated heterocycles. The highest BCUT2D eigenvalue weighted by molar-refractivity contribution is 5.80. The van der Waals surface area contributed by atoms with E-state index < -0.39 is 12.0 Å². The van der Waals surface area contributed by atoms with Gasteiger partial charge in [0.2, 0.25) is 0 Å². The molecule has 2 rings (SSSR count). The number of rotatable bonds is 3. The molecule has 0 saturated carbocycles. The van der Waals surface area contributed by atoms with Gasteiger partial charge in [0.1, 0.15) is 0 Å². The molecule has 3 N–H and O–H groups in total. The Morgan fingerprint density at radius 2 is 2.06 bits per heavy atom. The fraction of sp³-hybridized carbons (Fsp3) is 0.417. The second-order valence-electron chi connectivity index (χ2n) is 4.09. The van der Waals surface area contributed by atoms with Gasteiger partial charge in [-0.25, -0.2) is 0 Å². The first kappa shape index (κ1) is 11.0. The molecule has 0 radical (unpaired) electrons. The predicted octanol–water partition coefficient (Wildman–Crippen LogP) is 0.805. The number of hydrogen-bond acceptors (Lipinski definition) is 3. The van der Waals surface area contributed by atoms with Crippen molar-refractivity contribution >= 4 is 11.6 Å². The summed E-state index contributed by atoms with van der Waals surface area (Å²) in [5.41, 5.74) is 6.69. The van der Waals surface area contributed by atoms with E-state index in [2.05, 4.69) is 4.90 Å². The van der Waals surface area contributed by atoms with Gasteiger partial charge < -0.3 is 15.7 Å². The van der Waals surface area contributed by atoms with Crippen LogP contribution in [0.2, 0.25) is 0 Å². The number of primary amides is 1. The van der Waals surface area contributed by atoms with E-state index in [0.29, 0.717) is 5.56 Å². The molecule has 0 bridgehead atoms. The van der Waals surface area contributed by atoms with Crippen LogP contribution < -0.4 is 10.6 Å². The summed E-state index contributed by atoms with van der Waals surface area (Å²) in [5, 5.41) is 9.57. The highest BCUT2D eigenvalue weighted by Crippen LogP contribution is 2.23. The van der Waals surface area contributed by atoms with Crippen molar-refractivity contribution in [3.05, 3.63) is 29.8 Å². The first-order chi connectivity index (χ1) is 7.68. The van der Waals surface area contributed by atoms with Crippen molar-refractivity contribution in [2.24, 2.45) is 5.73 Å². The van der Waals surface area contributed by atoms with Gasteiger partial charge >= 0.3 is 0 Å². The predicted molar refractivity (Wildman–Crippen MR) is 62.0 cm³/mol. The summed E-state index contributed by atoms with van der Waals surface area (Å²) in [6, 6.07) is 7.38. The first-order valence-electron chi connectivity index (χ1n) is 5.51. The minimum Gasteiger partial charge on any atom is -0.378 e. The number of aliphatic hydroxyl groups is 1. The standard InChI is InChI=1S/C12H16N2O2/c13-12(16)11(15)9-4-3-5-10(8-9)14-6-1-2-7-14/h3-5,8,11,15H,1-2,6-7H2,(H2,13,16). The third kappa shape index (κ3) is 2.17. The molecule has 1 atom stereocenters. The van der Waals surface area contributed by atoms with Gasteiger partial charge in [0.15, 0.2) is 6.10 Å². The van der Waals surface area contributed by atoms with Crippen LogP contribution in [0.3, 0.4) is 0 Å². The average Bonchev–Trinajstić information content (AvgIpc) is 2.81. The Morgan fingerprint density at radius 3 is 2.69 bits per heavy atom. The summed E-state index contributed by atoms with van der Waals surface area (Å²) in [5.74, 6) is -0.710. The van der Waals surface area contributed by atoms with Crippen molar-refractivity contribution in [1.29, 1.82) is 0 Å². The molecule has 4 nitrogen and oxygen atoms in total.